The third kappa shape index (κ3) is 2.92. The molecular formula is C15H16N2O2. The van der Waals surface area contributed by atoms with E-state index in [1.165, 1.54) is 12.1 Å². The highest BCUT2D eigenvalue weighted by molar-refractivity contribution is 5.88. The van der Waals surface area contributed by atoms with Gasteiger partial charge in [-0.05, 0) is 18.2 Å². The second-order valence-corrected chi connectivity index (χ2v) is 5.45. The minimum Gasteiger partial charge on any atom is -0.478 e. The van der Waals surface area contributed by atoms with E-state index in [4.69, 9.17) is 18.3 Å². The van der Waals surface area contributed by atoms with Crippen molar-refractivity contribution >= 4 is 5.97 Å². The lowest BCUT2D eigenvalue weighted by Gasteiger charge is -2.17. The van der Waals surface area contributed by atoms with Crippen LogP contribution in [-0.4, -0.2) is 11.1 Å². The van der Waals surface area contributed by atoms with Gasteiger partial charge < -0.3 is 14.8 Å². The van der Waals surface area contributed by atoms with Gasteiger partial charge in [-0.15, -0.1) is 0 Å². The Labute approximate surface area is 113 Å². The zero-order valence-corrected chi connectivity index (χ0v) is 11.5. The van der Waals surface area contributed by atoms with Crippen LogP contribution in [0.1, 0.15) is 49.2 Å². The SMILES string of the molecule is [C-]#[N+]C(C)(C)c1cc(C(=O)O)cc(C(C)(C)[N+]#[C-])c1. The fraction of sp³-hybridized carbons (Fsp3) is 0.400. The zero-order valence-electron chi connectivity index (χ0n) is 11.5. The quantitative estimate of drug-likeness (QED) is 0.838. The molecule has 0 saturated heterocycles. The van der Waals surface area contributed by atoms with Crippen LogP contribution >= 0.6 is 0 Å². The third-order valence-corrected chi connectivity index (χ3v) is 3.15. The average Bonchev–Trinajstić information content (AvgIpc) is 2.38. The van der Waals surface area contributed by atoms with Gasteiger partial charge in [-0.25, -0.2) is 17.9 Å². The number of rotatable bonds is 3. The second kappa shape index (κ2) is 4.74. The number of carboxylic acids is 1. The Morgan fingerprint density at radius 1 is 1.00 bits per heavy atom. The van der Waals surface area contributed by atoms with Gasteiger partial charge in [0.15, 0.2) is 0 Å². The summed E-state index contributed by atoms with van der Waals surface area (Å²) >= 11 is 0. The van der Waals surface area contributed by atoms with Crippen LogP contribution in [0.4, 0.5) is 0 Å². The standard InChI is InChI=1S/C15H16N2O2/c1-14(2,16-5)11-7-10(13(18)19)8-12(9-11)15(3,4)17-6/h7-9H,1-4H3,(H,18,19). The lowest BCUT2D eigenvalue weighted by Crippen LogP contribution is -2.18. The summed E-state index contributed by atoms with van der Waals surface area (Å²) in [4.78, 5) is 18.2. The van der Waals surface area contributed by atoms with E-state index in [0.29, 0.717) is 11.1 Å². The fourth-order valence-corrected chi connectivity index (χ4v) is 1.59. The molecule has 0 atom stereocenters. The maximum absolute atomic E-state index is 11.2. The third-order valence-electron chi connectivity index (χ3n) is 3.15. The fourth-order valence-electron chi connectivity index (χ4n) is 1.59. The van der Waals surface area contributed by atoms with Crippen LogP contribution in [-0.2, 0) is 11.1 Å². The van der Waals surface area contributed by atoms with E-state index >= 15 is 0 Å². The molecule has 0 saturated carbocycles. The molecule has 0 amide bonds. The van der Waals surface area contributed by atoms with E-state index in [2.05, 4.69) is 9.69 Å². The Kier molecular flexibility index (Phi) is 3.68. The smallest absolute Gasteiger partial charge is 0.335 e. The van der Waals surface area contributed by atoms with Gasteiger partial charge in [0.25, 0.3) is 11.1 Å². The first-order valence-corrected chi connectivity index (χ1v) is 5.80. The first-order chi connectivity index (χ1) is 8.64. The summed E-state index contributed by atoms with van der Waals surface area (Å²) in [7, 11) is 0. The predicted octanol–water partition coefficient (Wildman–Crippen LogP) is 3.69. The van der Waals surface area contributed by atoms with Crippen LogP contribution in [0.5, 0.6) is 0 Å². The van der Waals surface area contributed by atoms with Gasteiger partial charge in [0.05, 0.1) is 5.56 Å². The van der Waals surface area contributed by atoms with Crippen molar-refractivity contribution in [3.63, 3.8) is 0 Å². The highest BCUT2D eigenvalue weighted by Gasteiger charge is 2.33. The largest absolute Gasteiger partial charge is 0.478 e. The van der Waals surface area contributed by atoms with E-state index in [-0.39, 0.29) is 5.56 Å². The van der Waals surface area contributed by atoms with Crippen LogP contribution < -0.4 is 0 Å². The van der Waals surface area contributed by atoms with Gasteiger partial charge in [-0.3, -0.25) is 0 Å². The Hall–Kier alpha value is -2.33. The predicted molar refractivity (Wildman–Crippen MR) is 72.7 cm³/mol. The number of aromatic carboxylic acids is 1. The number of carboxylic acid groups (broad SMARTS) is 1. The van der Waals surface area contributed by atoms with Gasteiger partial charge in [0, 0.05) is 38.8 Å². The molecule has 0 aromatic heterocycles. The highest BCUT2D eigenvalue weighted by Crippen LogP contribution is 2.32. The lowest BCUT2D eigenvalue weighted by molar-refractivity contribution is 0.0696. The number of benzene rings is 1. The Bertz CT molecular complexity index is 557. The molecule has 4 nitrogen and oxygen atoms in total. The topological polar surface area (TPSA) is 46.0 Å². The van der Waals surface area contributed by atoms with Gasteiger partial charge in [-0.2, -0.15) is 0 Å². The molecule has 0 bridgehead atoms. The van der Waals surface area contributed by atoms with Crippen LogP contribution in [0, 0.1) is 13.1 Å². The molecule has 1 aromatic rings. The molecule has 1 N–H and O–H groups in total. The maximum Gasteiger partial charge on any atom is 0.335 e. The van der Waals surface area contributed by atoms with Crippen LogP contribution in [0.3, 0.4) is 0 Å². The molecule has 19 heavy (non-hydrogen) atoms. The molecule has 98 valence electrons. The van der Waals surface area contributed by atoms with Crippen molar-refractivity contribution in [1.82, 2.24) is 0 Å². The van der Waals surface area contributed by atoms with Crippen molar-refractivity contribution < 1.29 is 9.90 Å². The average molecular weight is 256 g/mol. The summed E-state index contributed by atoms with van der Waals surface area (Å²) in [5.41, 5.74) is -0.263. The molecule has 0 aliphatic carbocycles. The number of hydrogen-bond acceptors (Lipinski definition) is 1. The molecule has 0 aliphatic rings. The molecule has 1 aromatic carbocycles. The van der Waals surface area contributed by atoms with Gasteiger partial charge >= 0.3 is 5.97 Å². The van der Waals surface area contributed by atoms with Crippen molar-refractivity contribution in [2.45, 2.75) is 38.8 Å². The van der Waals surface area contributed by atoms with E-state index in [9.17, 15) is 4.79 Å². The normalized spacial score (nSPS) is 11.5. The van der Waals surface area contributed by atoms with E-state index in [1.54, 1.807) is 33.8 Å². The number of hydrogen-bond donors (Lipinski definition) is 1. The Morgan fingerprint density at radius 2 is 1.37 bits per heavy atom. The van der Waals surface area contributed by atoms with E-state index < -0.39 is 17.0 Å². The molecule has 0 radical (unpaired) electrons. The van der Waals surface area contributed by atoms with Crippen LogP contribution in [0.25, 0.3) is 9.69 Å². The number of carbonyl (C=O) groups is 1. The van der Waals surface area contributed by atoms with Crippen LogP contribution in [0.2, 0.25) is 0 Å². The molecule has 0 heterocycles. The molecule has 0 unspecified atom stereocenters. The zero-order chi connectivity index (χ0) is 14.8. The van der Waals surface area contributed by atoms with E-state index in [1.807, 2.05) is 0 Å². The molecule has 0 spiro atoms. The summed E-state index contributed by atoms with van der Waals surface area (Å²) < 4.78 is 0. The minimum atomic E-state index is -1.05. The first-order valence-electron chi connectivity index (χ1n) is 5.80. The van der Waals surface area contributed by atoms with Crippen molar-refractivity contribution in [3.8, 4) is 0 Å². The summed E-state index contributed by atoms with van der Waals surface area (Å²) in [6.45, 7) is 21.3. The van der Waals surface area contributed by atoms with E-state index in [0.717, 1.165) is 0 Å². The summed E-state index contributed by atoms with van der Waals surface area (Å²) in [6, 6.07) is 4.76. The lowest BCUT2D eigenvalue weighted by atomic mass is 9.86. The van der Waals surface area contributed by atoms with Gasteiger partial charge in [-0.1, -0.05) is 0 Å². The van der Waals surface area contributed by atoms with Gasteiger partial charge in [0.1, 0.15) is 0 Å². The van der Waals surface area contributed by atoms with Gasteiger partial charge in [0.2, 0.25) is 0 Å². The Balaban J connectivity index is 3.58. The number of nitrogens with zero attached hydrogens (tertiary/aromatic N) is 2. The monoisotopic (exact) mass is 256 g/mol. The molecule has 4 heteroatoms. The first kappa shape index (κ1) is 14.7. The Morgan fingerprint density at radius 3 is 1.63 bits per heavy atom. The van der Waals surface area contributed by atoms with Crippen molar-refractivity contribution in [1.29, 1.82) is 0 Å². The summed E-state index contributed by atoms with van der Waals surface area (Å²) in [5.74, 6) is -1.05. The maximum atomic E-state index is 11.2. The highest BCUT2D eigenvalue weighted by atomic mass is 16.4. The molecule has 1 rings (SSSR count). The molecule has 0 fully saturated rings. The summed E-state index contributed by atoms with van der Waals surface area (Å²) in [5, 5.41) is 9.16. The molecule has 0 aliphatic heterocycles. The van der Waals surface area contributed by atoms with Crippen molar-refractivity contribution in [3.05, 3.63) is 57.7 Å². The summed E-state index contributed by atoms with van der Waals surface area (Å²) in [6.07, 6.45) is 0. The second-order valence-electron chi connectivity index (χ2n) is 5.45. The minimum absolute atomic E-state index is 0.112. The molecular weight excluding hydrogens is 240 g/mol. The van der Waals surface area contributed by atoms with Crippen molar-refractivity contribution in [2.24, 2.45) is 0 Å². The van der Waals surface area contributed by atoms with Crippen molar-refractivity contribution in [2.75, 3.05) is 0 Å². The van der Waals surface area contributed by atoms with Crippen LogP contribution in [0.15, 0.2) is 18.2 Å².